The fraction of sp³-hybridized carbons (Fsp3) is 0.333. The molecule has 2 heterocycles. The summed E-state index contributed by atoms with van der Waals surface area (Å²) in [6.45, 7) is 0. The lowest BCUT2D eigenvalue weighted by Gasteiger charge is -2.34. The van der Waals surface area contributed by atoms with Crippen molar-refractivity contribution in [3.05, 3.63) is 24.4 Å². The van der Waals surface area contributed by atoms with Crippen LogP contribution in [0.25, 0.3) is 0 Å². The van der Waals surface area contributed by atoms with Crippen LogP contribution >= 0.6 is 24.0 Å². The van der Waals surface area contributed by atoms with E-state index >= 15 is 0 Å². The number of anilines is 1. The van der Waals surface area contributed by atoms with Crippen molar-refractivity contribution in [3.8, 4) is 0 Å². The standard InChI is InChI=1S/C9H7F3N2OS2/c10-9(11,12)8(15)5-17-7(16)14(8)6-3-1-2-4-13-6/h1-4,15H,5H2. The first-order chi connectivity index (χ1) is 7.86. The number of alkyl halides is 3. The lowest BCUT2D eigenvalue weighted by molar-refractivity contribution is -0.244. The van der Waals surface area contributed by atoms with E-state index in [9.17, 15) is 18.3 Å². The molecule has 0 bridgehead atoms. The molecule has 3 nitrogen and oxygen atoms in total. The first-order valence-corrected chi connectivity index (χ1v) is 5.93. The minimum Gasteiger partial charge on any atom is -0.362 e. The van der Waals surface area contributed by atoms with E-state index in [1.807, 2.05) is 0 Å². The number of nitrogens with zero attached hydrogens (tertiary/aromatic N) is 2. The van der Waals surface area contributed by atoms with E-state index in [-0.39, 0.29) is 10.1 Å². The van der Waals surface area contributed by atoms with Gasteiger partial charge in [0, 0.05) is 6.20 Å². The fourth-order valence-corrected chi connectivity index (χ4v) is 2.83. The number of pyridine rings is 1. The van der Waals surface area contributed by atoms with Gasteiger partial charge in [-0.25, -0.2) is 4.98 Å². The Kier molecular flexibility index (Phi) is 3.04. The SMILES string of the molecule is OC1(C(F)(F)F)CSC(=S)N1c1ccccn1. The first-order valence-electron chi connectivity index (χ1n) is 4.53. The second-order valence-electron chi connectivity index (χ2n) is 3.39. The van der Waals surface area contributed by atoms with Gasteiger partial charge in [-0.15, -0.1) is 0 Å². The molecule has 1 aromatic heterocycles. The van der Waals surface area contributed by atoms with Crippen LogP contribution in [0.3, 0.4) is 0 Å². The Bertz CT molecular complexity index is 440. The predicted molar refractivity (Wildman–Crippen MR) is 62.8 cm³/mol. The first kappa shape index (κ1) is 12.6. The molecular formula is C9H7F3N2OS2. The normalized spacial score (nSPS) is 25.4. The van der Waals surface area contributed by atoms with Gasteiger partial charge >= 0.3 is 6.18 Å². The second kappa shape index (κ2) is 4.11. The third-order valence-electron chi connectivity index (χ3n) is 2.28. The maximum absolute atomic E-state index is 12.9. The number of hydrogen-bond acceptors (Lipinski definition) is 4. The Morgan fingerprint density at radius 1 is 1.47 bits per heavy atom. The minimum atomic E-state index is -4.79. The summed E-state index contributed by atoms with van der Waals surface area (Å²) < 4.78 is 38.5. The molecule has 0 spiro atoms. The van der Waals surface area contributed by atoms with Crippen molar-refractivity contribution in [3.63, 3.8) is 0 Å². The Balaban J connectivity index is 2.46. The van der Waals surface area contributed by atoms with Gasteiger partial charge in [0.25, 0.3) is 5.72 Å². The van der Waals surface area contributed by atoms with Crippen LogP contribution in [0.5, 0.6) is 0 Å². The average Bonchev–Trinajstić information content (AvgIpc) is 2.57. The molecule has 8 heteroatoms. The summed E-state index contributed by atoms with van der Waals surface area (Å²) in [6, 6.07) is 4.47. The van der Waals surface area contributed by atoms with Gasteiger partial charge in [0.2, 0.25) is 0 Å². The van der Waals surface area contributed by atoms with Gasteiger partial charge in [-0.2, -0.15) is 13.2 Å². The van der Waals surface area contributed by atoms with Crippen LogP contribution in [-0.2, 0) is 0 Å². The van der Waals surface area contributed by atoms with Crippen molar-refractivity contribution in [2.75, 3.05) is 10.7 Å². The Hall–Kier alpha value is -0.860. The zero-order valence-corrected chi connectivity index (χ0v) is 9.94. The third-order valence-corrected chi connectivity index (χ3v) is 3.79. The van der Waals surface area contributed by atoms with Gasteiger partial charge in [-0.3, -0.25) is 4.90 Å². The number of thioether (sulfide) groups is 1. The highest BCUT2D eigenvalue weighted by molar-refractivity contribution is 8.23. The maximum atomic E-state index is 12.9. The lowest BCUT2D eigenvalue weighted by Crippen LogP contribution is -2.58. The molecule has 1 aromatic rings. The molecule has 1 aliphatic heterocycles. The highest BCUT2D eigenvalue weighted by Gasteiger charge is 2.62. The zero-order valence-electron chi connectivity index (χ0n) is 8.31. The van der Waals surface area contributed by atoms with Gasteiger partial charge in [0.05, 0.1) is 5.75 Å². The van der Waals surface area contributed by atoms with Gasteiger partial charge in [0.15, 0.2) is 0 Å². The van der Waals surface area contributed by atoms with E-state index in [0.717, 1.165) is 11.8 Å². The Morgan fingerprint density at radius 2 is 2.18 bits per heavy atom. The summed E-state index contributed by atoms with van der Waals surface area (Å²) in [5.41, 5.74) is -2.98. The van der Waals surface area contributed by atoms with Crippen LogP contribution in [0.1, 0.15) is 0 Å². The van der Waals surface area contributed by atoms with E-state index in [4.69, 9.17) is 12.2 Å². The molecule has 0 amide bonds. The lowest BCUT2D eigenvalue weighted by atomic mass is 10.2. The number of halogens is 3. The van der Waals surface area contributed by atoms with Gasteiger partial charge in [-0.05, 0) is 12.1 Å². The summed E-state index contributed by atoms with van der Waals surface area (Å²) >= 11 is 5.61. The summed E-state index contributed by atoms with van der Waals surface area (Å²) in [5.74, 6) is -0.561. The van der Waals surface area contributed by atoms with E-state index in [1.54, 1.807) is 6.07 Å². The van der Waals surface area contributed by atoms with Crippen LogP contribution in [-0.4, -0.2) is 32.1 Å². The second-order valence-corrected chi connectivity index (χ2v) is 5.00. The summed E-state index contributed by atoms with van der Waals surface area (Å²) in [6.07, 6.45) is -3.45. The number of aliphatic hydroxyl groups is 1. The summed E-state index contributed by atoms with van der Waals surface area (Å²) in [4.78, 5) is 4.43. The minimum absolute atomic E-state index is 0.0117. The maximum Gasteiger partial charge on any atom is 0.437 e. The van der Waals surface area contributed by atoms with Crippen LogP contribution in [0.4, 0.5) is 19.0 Å². The molecule has 1 atom stereocenters. The summed E-state index contributed by atoms with van der Waals surface area (Å²) in [5, 5.41) is 9.76. The quantitative estimate of drug-likeness (QED) is 0.798. The topological polar surface area (TPSA) is 36.4 Å². The molecule has 0 radical (unpaired) electrons. The number of rotatable bonds is 1. The van der Waals surface area contributed by atoms with E-state index in [1.165, 1.54) is 18.3 Å². The molecule has 1 fully saturated rings. The third kappa shape index (κ3) is 2.00. The number of thiocarbonyl (C=S) groups is 1. The van der Waals surface area contributed by atoms with Gasteiger partial charge < -0.3 is 5.11 Å². The molecule has 1 unspecified atom stereocenters. The van der Waals surface area contributed by atoms with Crippen molar-refractivity contribution in [1.29, 1.82) is 0 Å². The Morgan fingerprint density at radius 3 is 2.71 bits per heavy atom. The molecule has 0 aliphatic carbocycles. The van der Waals surface area contributed by atoms with E-state index in [2.05, 4.69) is 4.98 Å². The van der Waals surface area contributed by atoms with Crippen molar-refractivity contribution in [2.24, 2.45) is 0 Å². The largest absolute Gasteiger partial charge is 0.437 e. The fourth-order valence-electron chi connectivity index (χ4n) is 1.42. The van der Waals surface area contributed by atoms with Crippen molar-refractivity contribution >= 4 is 34.1 Å². The monoisotopic (exact) mass is 280 g/mol. The molecule has 1 N–H and O–H groups in total. The van der Waals surface area contributed by atoms with Crippen LogP contribution < -0.4 is 4.90 Å². The predicted octanol–water partition coefficient (Wildman–Crippen LogP) is 2.17. The van der Waals surface area contributed by atoms with E-state index in [0.29, 0.717) is 4.90 Å². The highest BCUT2D eigenvalue weighted by atomic mass is 32.2. The highest BCUT2D eigenvalue weighted by Crippen LogP contribution is 2.44. The molecule has 92 valence electrons. The Labute approximate surface area is 105 Å². The van der Waals surface area contributed by atoms with Crippen molar-refractivity contribution in [2.45, 2.75) is 11.9 Å². The molecule has 0 aromatic carbocycles. The summed E-state index contributed by atoms with van der Waals surface area (Å²) in [7, 11) is 0. The smallest absolute Gasteiger partial charge is 0.362 e. The molecule has 2 rings (SSSR count). The van der Waals surface area contributed by atoms with Crippen LogP contribution in [0.15, 0.2) is 24.4 Å². The molecule has 17 heavy (non-hydrogen) atoms. The average molecular weight is 280 g/mol. The molecule has 1 saturated heterocycles. The van der Waals surface area contributed by atoms with Gasteiger partial charge in [0.1, 0.15) is 10.1 Å². The van der Waals surface area contributed by atoms with Crippen molar-refractivity contribution < 1.29 is 18.3 Å². The van der Waals surface area contributed by atoms with Gasteiger partial charge in [-0.1, -0.05) is 30.0 Å². The molecule has 1 aliphatic rings. The van der Waals surface area contributed by atoms with Crippen molar-refractivity contribution in [1.82, 2.24) is 4.98 Å². The van der Waals surface area contributed by atoms with E-state index < -0.39 is 17.7 Å². The van der Waals surface area contributed by atoms with Crippen LogP contribution in [0, 0.1) is 0 Å². The van der Waals surface area contributed by atoms with Crippen LogP contribution in [0.2, 0.25) is 0 Å². The molecule has 0 saturated carbocycles. The zero-order chi connectivity index (χ0) is 12.7. The molecular weight excluding hydrogens is 273 g/mol. The number of aromatic nitrogens is 1. The number of hydrogen-bond donors (Lipinski definition) is 1.